The molecule has 0 amide bonds. The Balaban J connectivity index is 2.09. The first-order valence-corrected chi connectivity index (χ1v) is 6.75. The molecule has 1 aromatic heterocycles. The predicted molar refractivity (Wildman–Crippen MR) is 75.3 cm³/mol. The summed E-state index contributed by atoms with van der Waals surface area (Å²) >= 11 is 7.60. The van der Waals surface area contributed by atoms with E-state index in [4.69, 9.17) is 16.3 Å². The first-order valence-electron chi connectivity index (χ1n) is 5.55. The Kier molecular flexibility index (Phi) is 4.52. The lowest BCUT2D eigenvalue weighted by atomic mass is 10.2. The lowest BCUT2D eigenvalue weighted by Crippen LogP contribution is -2.17. The summed E-state index contributed by atoms with van der Waals surface area (Å²) in [7, 11) is 1.68. The van der Waals surface area contributed by atoms with Gasteiger partial charge >= 0.3 is 0 Å². The Labute approximate surface area is 115 Å². The van der Waals surface area contributed by atoms with Crippen molar-refractivity contribution in [3.05, 3.63) is 29.3 Å². The van der Waals surface area contributed by atoms with Gasteiger partial charge in [-0.2, -0.15) is 0 Å². The van der Waals surface area contributed by atoms with Crippen LogP contribution in [0, 0.1) is 0 Å². The van der Waals surface area contributed by atoms with Crippen molar-refractivity contribution in [3.8, 4) is 10.6 Å². The molecule has 0 aliphatic carbocycles. The molecular weight excluding hydrogens is 270 g/mol. The van der Waals surface area contributed by atoms with E-state index in [1.165, 1.54) is 11.3 Å². The molecule has 0 aliphatic heterocycles. The second-order valence-corrected chi connectivity index (χ2v) is 5.20. The summed E-state index contributed by atoms with van der Waals surface area (Å²) in [5, 5.41) is 13.7. The van der Waals surface area contributed by atoms with Crippen LogP contribution >= 0.6 is 22.9 Å². The van der Waals surface area contributed by atoms with Crippen LogP contribution in [-0.4, -0.2) is 30.0 Å². The normalized spacial score (nSPS) is 12.4. The van der Waals surface area contributed by atoms with Crippen LogP contribution in [0.15, 0.2) is 24.3 Å². The van der Waals surface area contributed by atoms with E-state index in [9.17, 15) is 0 Å². The van der Waals surface area contributed by atoms with Crippen LogP contribution in [0.25, 0.3) is 10.6 Å². The smallest absolute Gasteiger partial charge is 0.206 e. The zero-order valence-corrected chi connectivity index (χ0v) is 11.8. The Bertz CT molecular complexity index is 518. The fraction of sp³-hybridized carbons (Fsp3) is 0.333. The number of ether oxygens (including phenoxy) is 1. The van der Waals surface area contributed by atoms with E-state index >= 15 is 0 Å². The molecule has 0 spiro atoms. The molecule has 1 atom stereocenters. The maximum Gasteiger partial charge on any atom is 0.206 e. The zero-order valence-electron chi connectivity index (χ0n) is 10.2. The van der Waals surface area contributed by atoms with Crippen LogP contribution in [0.4, 0.5) is 5.13 Å². The number of nitrogens with one attached hydrogen (secondary N) is 1. The molecule has 0 saturated carbocycles. The second kappa shape index (κ2) is 6.13. The summed E-state index contributed by atoms with van der Waals surface area (Å²) in [4.78, 5) is 0. The Hall–Kier alpha value is -1.17. The van der Waals surface area contributed by atoms with E-state index in [2.05, 4.69) is 15.5 Å². The molecule has 0 aliphatic rings. The van der Waals surface area contributed by atoms with Crippen molar-refractivity contribution in [2.75, 3.05) is 19.0 Å². The number of anilines is 1. The van der Waals surface area contributed by atoms with Gasteiger partial charge in [-0.25, -0.2) is 0 Å². The van der Waals surface area contributed by atoms with Crippen molar-refractivity contribution in [1.82, 2.24) is 10.2 Å². The van der Waals surface area contributed by atoms with Crippen LogP contribution in [0.5, 0.6) is 0 Å². The van der Waals surface area contributed by atoms with Crippen molar-refractivity contribution >= 4 is 28.1 Å². The summed E-state index contributed by atoms with van der Waals surface area (Å²) in [5.41, 5.74) is 0.907. The topological polar surface area (TPSA) is 47.0 Å². The number of halogens is 1. The zero-order chi connectivity index (χ0) is 13.0. The highest BCUT2D eigenvalue weighted by Crippen LogP contribution is 2.31. The highest BCUT2D eigenvalue weighted by atomic mass is 35.5. The molecule has 1 aromatic carbocycles. The van der Waals surface area contributed by atoms with Gasteiger partial charge in [0, 0.05) is 19.2 Å². The molecule has 6 heteroatoms. The van der Waals surface area contributed by atoms with Gasteiger partial charge in [-0.15, -0.1) is 10.2 Å². The Morgan fingerprint density at radius 2 is 2.17 bits per heavy atom. The third-order valence-electron chi connectivity index (χ3n) is 2.47. The molecule has 0 radical (unpaired) electrons. The average molecular weight is 284 g/mol. The number of hydrogen-bond acceptors (Lipinski definition) is 5. The van der Waals surface area contributed by atoms with Gasteiger partial charge in [0.2, 0.25) is 5.13 Å². The molecule has 2 aromatic rings. The number of benzene rings is 1. The SMILES string of the molecule is COC(C)CNc1nnc(-c2ccccc2Cl)s1. The van der Waals surface area contributed by atoms with Crippen LogP contribution in [-0.2, 0) is 4.74 Å². The lowest BCUT2D eigenvalue weighted by Gasteiger charge is -2.08. The standard InChI is InChI=1S/C12H14ClN3OS/c1-8(17-2)7-14-12-16-15-11(18-12)9-5-3-4-6-10(9)13/h3-6,8H,7H2,1-2H3,(H,14,16). The van der Waals surface area contributed by atoms with Gasteiger partial charge in [-0.1, -0.05) is 41.1 Å². The highest BCUT2D eigenvalue weighted by molar-refractivity contribution is 7.18. The van der Waals surface area contributed by atoms with Gasteiger partial charge < -0.3 is 10.1 Å². The fourth-order valence-corrected chi connectivity index (χ4v) is 2.42. The summed E-state index contributed by atoms with van der Waals surface area (Å²) in [6.07, 6.45) is 0.137. The van der Waals surface area contributed by atoms with Crippen molar-refractivity contribution in [2.24, 2.45) is 0 Å². The van der Waals surface area contributed by atoms with Crippen molar-refractivity contribution in [3.63, 3.8) is 0 Å². The summed E-state index contributed by atoms with van der Waals surface area (Å²) in [5.74, 6) is 0. The first kappa shape index (κ1) is 13.3. The average Bonchev–Trinajstić information content (AvgIpc) is 2.85. The quantitative estimate of drug-likeness (QED) is 0.914. The van der Waals surface area contributed by atoms with E-state index in [0.29, 0.717) is 11.6 Å². The first-order chi connectivity index (χ1) is 8.70. The van der Waals surface area contributed by atoms with Crippen LogP contribution in [0.3, 0.4) is 0 Å². The third kappa shape index (κ3) is 3.19. The summed E-state index contributed by atoms with van der Waals surface area (Å²) in [6, 6.07) is 7.61. The van der Waals surface area contributed by atoms with Gasteiger partial charge in [0.15, 0.2) is 5.01 Å². The van der Waals surface area contributed by atoms with E-state index in [1.807, 2.05) is 31.2 Å². The summed E-state index contributed by atoms with van der Waals surface area (Å²) in [6.45, 7) is 2.69. The third-order valence-corrected chi connectivity index (χ3v) is 3.72. The van der Waals surface area contributed by atoms with Crippen LogP contribution < -0.4 is 5.32 Å². The second-order valence-electron chi connectivity index (χ2n) is 3.82. The molecule has 0 bridgehead atoms. The van der Waals surface area contributed by atoms with Crippen LogP contribution in [0.2, 0.25) is 5.02 Å². The largest absolute Gasteiger partial charge is 0.380 e. The van der Waals surface area contributed by atoms with Crippen LogP contribution in [0.1, 0.15) is 6.92 Å². The number of aromatic nitrogens is 2. The number of methoxy groups -OCH3 is 1. The molecule has 1 unspecified atom stereocenters. The minimum absolute atomic E-state index is 0.137. The molecule has 1 N–H and O–H groups in total. The van der Waals surface area contributed by atoms with E-state index in [0.717, 1.165) is 15.7 Å². The minimum Gasteiger partial charge on any atom is -0.380 e. The summed E-state index contributed by atoms with van der Waals surface area (Å²) < 4.78 is 5.16. The number of hydrogen-bond donors (Lipinski definition) is 1. The van der Waals surface area contributed by atoms with Gasteiger partial charge in [0.25, 0.3) is 0 Å². The fourth-order valence-electron chi connectivity index (χ4n) is 1.35. The number of nitrogens with zero attached hydrogens (tertiary/aromatic N) is 2. The predicted octanol–water partition coefficient (Wildman–Crippen LogP) is 3.31. The van der Waals surface area contributed by atoms with Gasteiger partial charge in [-0.05, 0) is 13.0 Å². The molecule has 0 fully saturated rings. The van der Waals surface area contributed by atoms with Gasteiger partial charge in [0.05, 0.1) is 11.1 Å². The molecule has 1 heterocycles. The molecule has 18 heavy (non-hydrogen) atoms. The van der Waals surface area contributed by atoms with Crippen molar-refractivity contribution in [2.45, 2.75) is 13.0 Å². The van der Waals surface area contributed by atoms with Gasteiger partial charge in [0.1, 0.15) is 0 Å². The lowest BCUT2D eigenvalue weighted by molar-refractivity contribution is 0.129. The Morgan fingerprint density at radius 1 is 1.39 bits per heavy atom. The maximum absolute atomic E-state index is 6.12. The van der Waals surface area contributed by atoms with E-state index in [-0.39, 0.29) is 6.10 Å². The maximum atomic E-state index is 6.12. The van der Waals surface area contributed by atoms with Crippen molar-refractivity contribution < 1.29 is 4.74 Å². The van der Waals surface area contributed by atoms with Gasteiger partial charge in [-0.3, -0.25) is 0 Å². The van der Waals surface area contributed by atoms with E-state index < -0.39 is 0 Å². The highest BCUT2D eigenvalue weighted by Gasteiger charge is 2.09. The van der Waals surface area contributed by atoms with Crippen molar-refractivity contribution in [1.29, 1.82) is 0 Å². The van der Waals surface area contributed by atoms with E-state index in [1.54, 1.807) is 7.11 Å². The number of rotatable bonds is 5. The molecule has 2 rings (SSSR count). The molecule has 96 valence electrons. The molecule has 4 nitrogen and oxygen atoms in total. The Morgan fingerprint density at radius 3 is 2.89 bits per heavy atom. The molecule has 0 saturated heterocycles. The minimum atomic E-state index is 0.137. The molecular formula is C12H14ClN3OS. The monoisotopic (exact) mass is 283 g/mol.